The van der Waals surface area contributed by atoms with E-state index in [1.54, 1.807) is 6.20 Å². The van der Waals surface area contributed by atoms with E-state index in [0.29, 0.717) is 6.54 Å². The Morgan fingerprint density at radius 2 is 1.93 bits per heavy atom. The number of halogens is 1. The summed E-state index contributed by atoms with van der Waals surface area (Å²) in [5.41, 5.74) is 6.02. The number of aromatic nitrogens is 5. The van der Waals surface area contributed by atoms with E-state index < -0.39 is 0 Å². The Balaban J connectivity index is 1.52. The minimum absolute atomic E-state index is 0.664. The second-order valence-electron chi connectivity index (χ2n) is 6.65. The van der Waals surface area contributed by atoms with Crippen LogP contribution in [-0.2, 0) is 13.6 Å². The molecule has 0 unspecified atom stereocenters. The van der Waals surface area contributed by atoms with Gasteiger partial charge in [0.15, 0.2) is 5.65 Å². The highest BCUT2D eigenvalue weighted by Gasteiger charge is 2.11. The van der Waals surface area contributed by atoms with Gasteiger partial charge in [0, 0.05) is 25.2 Å². The third-order valence-corrected chi connectivity index (χ3v) is 5.32. The predicted octanol–water partition coefficient (Wildman–Crippen LogP) is 4.66. The van der Waals surface area contributed by atoms with Gasteiger partial charge in [-0.25, -0.2) is 9.97 Å². The van der Waals surface area contributed by atoms with Gasteiger partial charge < -0.3 is 9.88 Å². The monoisotopic (exact) mass is 432 g/mol. The third-order valence-electron chi connectivity index (χ3n) is 4.76. The molecule has 0 aliphatic rings. The third kappa shape index (κ3) is 2.93. The lowest BCUT2D eigenvalue weighted by Crippen LogP contribution is -2.06. The number of hydrogen-bond acceptors (Lipinski definition) is 4. The number of rotatable bonds is 4. The zero-order chi connectivity index (χ0) is 19.1. The molecule has 0 saturated carbocycles. The van der Waals surface area contributed by atoms with Crippen LogP contribution < -0.4 is 5.32 Å². The second-order valence-corrected chi connectivity index (χ2v) is 7.51. The highest BCUT2D eigenvalue weighted by molar-refractivity contribution is 9.10. The zero-order valence-electron chi connectivity index (χ0n) is 15.2. The van der Waals surface area contributed by atoms with Gasteiger partial charge >= 0.3 is 0 Å². The van der Waals surface area contributed by atoms with Crippen LogP contribution in [0.1, 0.15) is 5.56 Å². The Bertz CT molecular complexity index is 1290. The maximum Gasteiger partial charge on any atom is 0.172 e. The first kappa shape index (κ1) is 16.9. The van der Waals surface area contributed by atoms with E-state index in [2.05, 4.69) is 61.7 Å². The fraction of sp³-hybridized carbons (Fsp3) is 0.0952. The molecule has 6 nitrogen and oxygen atoms in total. The molecule has 3 aromatic heterocycles. The van der Waals surface area contributed by atoms with Crippen LogP contribution in [0.3, 0.4) is 0 Å². The lowest BCUT2D eigenvalue weighted by atomic mass is 10.1. The molecule has 5 aromatic rings. The van der Waals surface area contributed by atoms with Gasteiger partial charge in [-0.15, -0.1) is 0 Å². The summed E-state index contributed by atoms with van der Waals surface area (Å²) in [6.07, 6.45) is 3.60. The van der Waals surface area contributed by atoms with Gasteiger partial charge in [0.1, 0.15) is 5.82 Å². The molecule has 5 rings (SSSR count). The summed E-state index contributed by atoms with van der Waals surface area (Å²) < 4.78 is 4.70. The van der Waals surface area contributed by atoms with Gasteiger partial charge in [-0.3, -0.25) is 0 Å². The molecule has 0 saturated heterocycles. The zero-order valence-corrected chi connectivity index (χ0v) is 16.8. The van der Waals surface area contributed by atoms with Crippen molar-refractivity contribution in [2.75, 3.05) is 5.32 Å². The Morgan fingerprint density at radius 1 is 1.07 bits per heavy atom. The Morgan fingerprint density at radius 3 is 2.79 bits per heavy atom. The van der Waals surface area contributed by atoms with E-state index in [9.17, 15) is 0 Å². The second kappa shape index (κ2) is 6.76. The van der Waals surface area contributed by atoms with Gasteiger partial charge in [0.2, 0.25) is 0 Å². The van der Waals surface area contributed by atoms with Crippen LogP contribution in [0, 0.1) is 0 Å². The van der Waals surface area contributed by atoms with Crippen molar-refractivity contribution in [3.8, 4) is 11.3 Å². The Hall–Kier alpha value is -3.19. The van der Waals surface area contributed by atoms with Crippen LogP contribution >= 0.6 is 15.9 Å². The van der Waals surface area contributed by atoms with E-state index >= 15 is 0 Å². The molecule has 3 heterocycles. The summed E-state index contributed by atoms with van der Waals surface area (Å²) in [5, 5.41) is 7.95. The maximum absolute atomic E-state index is 4.77. The first-order valence-corrected chi connectivity index (χ1v) is 9.72. The average Bonchev–Trinajstić information content (AvgIpc) is 3.29. The predicted molar refractivity (Wildman–Crippen MR) is 114 cm³/mol. The van der Waals surface area contributed by atoms with E-state index in [1.165, 1.54) is 0 Å². The summed E-state index contributed by atoms with van der Waals surface area (Å²) in [6, 6.07) is 18.5. The molecular formula is C21H17BrN6. The van der Waals surface area contributed by atoms with E-state index in [0.717, 1.165) is 43.8 Å². The first-order valence-electron chi connectivity index (χ1n) is 8.92. The molecular weight excluding hydrogens is 416 g/mol. The van der Waals surface area contributed by atoms with Crippen molar-refractivity contribution < 1.29 is 0 Å². The van der Waals surface area contributed by atoms with E-state index in [1.807, 2.05) is 46.7 Å². The first-order chi connectivity index (χ1) is 13.7. The number of imidazole rings is 1. The number of benzene rings is 2. The molecule has 7 heteroatoms. The minimum Gasteiger partial charge on any atom is -0.366 e. The van der Waals surface area contributed by atoms with Crippen LogP contribution in [0.15, 0.2) is 71.6 Å². The molecule has 0 spiro atoms. The van der Waals surface area contributed by atoms with Crippen molar-refractivity contribution in [3.05, 3.63) is 77.2 Å². The average molecular weight is 433 g/mol. The van der Waals surface area contributed by atoms with Crippen molar-refractivity contribution in [2.24, 2.45) is 7.05 Å². The smallest absolute Gasteiger partial charge is 0.172 e. The van der Waals surface area contributed by atoms with Crippen molar-refractivity contribution >= 4 is 38.4 Å². The number of fused-ring (bicyclic) bond motifs is 2. The van der Waals surface area contributed by atoms with E-state index in [-0.39, 0.29) is 0 Å². The highest BCUT2D eigenvalue weighted by Crippen LogP contribution is 2.26. The SMILES string of the molecule is Cn1cnc2cc(CNc3cc(-c4ccccc4)nc4c(Br)cnn34)ccc21. The van der Waals surface area contributed by atoms with Gasteiger partial charge in [-0.1, -0.05) is 36.4 Å². The summed E-state index contributed by atoms with van der Waals surface area (Å²) in [5.74, 6) is 0.885. The molecule has 0 aliphatic carbocycles. The van der Waals surface area contributed by atoms with Crippen molar-refractivity contribution in [3.63, 3.8) is 0 Å². The maximum atomic E-state index is 4.77. The fourth-order valence-electron chi connectivity index (χ4n) is 3.30. The van der Waals surface area contributed by atoms with Gasteiger partial charge in [-0.2, -0.15) is 9.61 Å². The summed E-state index contributed by atoms with van der Waals surface area (Å²) in [4.78, 5) is 9.21. The van der Waals surface area contributed by atoms with Crippen LogP contribution in [0.25, 0.3) is 27.9 Å². The van der Waals surface area contributed by atoms with Crippen LogP contribution in [0.4, 0.5) is 5.82 Å². The molecule has 0 radical (unpaired) electrons. The molecule has 138 valence electrons. The Labute approximate surface area is 170 Å². The number of hydrogen-bond donors (Lipinski definition) is 1. The summed E-state index contributed by atoms with van der Waals surface area (Å²) in [6.45, 7) is 0.664. The van der Waals surface area contributed by atoms with Crippen LogP contribution in [0.2, 0.25) is 0 Å². The number of aryl methyl sites for hydroxylation is 1. The quantitative estimate of drug-likeness (QED) is 0.448. The van der Waals surface area contributed by atoms with Gasteiger partial charge in [-0.05, 0) is 33.6 Å². The summed E-state index contributed by atoms with van der Waals surface area (Å²) >= 11 is 3.55. The lowest BCUT2D eigenvalue weighted by molar-refractivity contribution is 0.927. The van der Waals surface area contributed by atoms with Crippen LogP contribution in [0.5, 0.6) is 0 Å². The number of nitrogens with zero attached hydrogens (tertiary/aromatic N) is 5. The number of nitrogens with one attached hydrogen (secondary N) is 1. The topological polar surface area (TPSA) is 60.0 Å². The van der Waals surface area contributed by atoms with Crippen molar-refractivity contribution in [2.45, 2.75) is 6.54 Å². The molecule has 2 aromatic carbocycles. The van der Waals surface area contributed by atoms with Crippen molar-refractivity contribution in [1.29, 1.82) is 0 Å². The molecule has 0 bridgehead atoms. The largest absolute Gasteiger partial charge is 0.366 e. The molecule has 1 N–H and O–H groups in total. The van der Waals surface area contributed by atoms with Crippen LogP contribution in [-0.4, -0.2) is 24.1 Å². The molecule has 28 heavy (non-hydrogen) atoms. The van der Waals surface area contributed by atoms with Crippen molar-refractivity contribution in [1.82, 2.24) is 24.1 Å². The standard InChI is InChI=1S/C21H17BrN6/c1-27-13-24-18-9-14(7-8-19(18)27)11-23-20-10-17(15-5-3-2-4-6-15)26-21-16(22)12-25-28(20)21/h2-10,12-13,23H,11H2,1H3. The molecule has 0 atom stereocenters. The normalized spacial score (nSPS) is 11.4. The van der Waals surface area contributed by atoms with Gasteiger partial charge in [0.05, 0.1) is 33.7 Å². The molecule has 0 amide bonds. The molecule has 0 aliphatic heterocycles. The Kier molecular flexibility index (Phi) is 4.09. The minimum atomic E-state index is 0.664. The fourth-order valence-corrected chi connectivity index (χ4v) is 3.65. The van der Waals surface area contributed by atoms with E-state index in [4.69, 9.17) is 4.98 Å². The number of anilines is 1. The molecule has 0 fully saturated rings. The lowest BCUT2D eigenvalue weighted by Gasteiger charge is -2.11. The summed E-state index contributed by atoms with van der Waals surface area (Å²) in [7, 11) is 2.00. The highest BCUT2D eigenvalue weighted by atomic mass is 79.9. The van der Waals surface area contributed by atoms with Gasteiger partial charge in [0.25, 0.3) is 0 Å².